The molecule has 0 bridgehead atoms. The Balaban J connectivity index is 1.88. The van der Waals surface area contributed by atoms with Crippen LogP contribution in [-0.4, -0.2) is 17.8 Å². The summed E-state index contributed by atoms with van der Waals surface area (Å²) >= 11 is 0. The molecule has 1 atom stereocenters. The molecule has 0 saturated heterocycles. The van der Waals surface area contributed by atoms with Crippen molar-refractivity contribution in [3.05, 3.63) is 29.8 Å². The van der Waals surface area contributed by atoms with Crippen molar-refractivity contribution >= 4 is 0 Å². The van der Waals surface area contributed by atoms with E-state index in [1.807, 2.05) is 19.1 Å². The summed E-state index contributed by atoms with van der Waals surface area (Å²) in [7, 11) is 1.67. The van der Waals surface area contributed by atoms with E-state index < -0.39 is 5.60 Å². The van der Waals surface area contributed by atoms with Gasteiger partial charge in [0.25, 0.3) is 0 Å². The van der Waals surface area contributed by atoms with Gasteiger partial charge in [0.15, 0.2) is 0 Å². The lowest BCUT2D eigenvalue weighted by Crippen LogP contribution is -2.27. The first kappa shape index (κ1) is 11.5. The molecule has 2 rings (SSSR count). The minimum absolute atomic E-state index is 0.472. The van der Waals surface area contributed by atoms with Gasteiger partial charge in [0.1, 0.15) is 5.75 Å². The van der Waals surface area contributed by atoms with E-state index in [1.54, 1.807) is 7.11 Å². The fraction of sp³-hybridized carbons (Fsp3) is 0.571. The van der Waals surface area contributed by atoms with E-state index in [4.69, 9.17) is 4.74 Å². The number of hydrogen-bond acceptors (Lipinski definition) is 2. The highest BCUT2D eigenvalue weighted by atomic mass is 16.5. The molecule has 1 aliphatic carbocycles. The highest BCUT2D eigenvalue weighted by Crippen LogP contribution is 2.41. The van der Waals surface area contributed by atoms with Crippen molar-refractivity contribution in [3.8, 4) is 5.75 Å². The van der Waals surface area contributed by atoms with Crippen LogP contribution >= 0.6 is 0 Å². The van der Waals surface area contributed by atoms with Gasteiger partial charge in [0.2, 0.25) is 0 Å². The maximum Gasteiger partial charge on any atom is 0.118 e. The molecule has 0 aromatic heterocycles. The van der Waals surface area contributed by atoms with Crippen molar-refractivity contribution in [2.24, 2.45) is 5.92 Å². The Bertz CT molecular complexity index is 336. The topological polar surface area (TPSA) is 29.5 Å². The van der Waals surface area contributed by atoms with Gasteiger partial charge < -0.3 is 9.84 Å². The lowest BCUT2D eigenvalue weighted by atomic mass is 9.92. The number of ether oxygens (including phenoxy) is 1. The van der Waals surface area contributed by atoms with Crippen LogP contribution in [0.1, 0.15) is 31.7 Å². The molecule has 1 saturated carbocycles. The van der Waals surface area contributed by atoms with Crippen molar-refractivity contribution in [1.82, 2.24) is 0 Å². The van der Waals surface area contributed by atoms with E-state index in [2.05, 4.69) is 12.1 Å². The normalized spacial score (nSPS) is 19.2. The highest BCUT2D eigenvalue weighted by molar-refractivity contribution is 5.27. The summed E-state index contributed by atoms with van der Waals surface area (Å²) in [5.41, 5.74) is 0.793. The third-order valence-corrected chi connectivity index (χ3v) is 3.54. The van der Waals surface area contributed by atoms with E-state index in [0.29, 0.717) is 5.92 Å². The van der Waals surface area contributed by atoms with Crippen molar-refractivity contribution < 1.29 is 9.84 Å². The Morgan fingerprint density at radius 2 is 1.94 bits per heavy atom. The van der Waals surface area contributed by atoms with Crippen LogP contribution in [0.5, 0.6) is 5.75 Å². The Kier molecular flexibility index (Phi) is 3.20. The molecule has 1 aromatic carbocycles. The van der Waals surface area contributed by atoms with Crippen LogP contribution < -0.4 is 4.74 Å². The SMILES string of the molecule is COc1ccc(CCC(C)(O)C2CC2)cc1. The van der Waals surface area contributed by atoms with E-state index in [-0.39, 0.29) is 0 Å². The Morgan fingerprint density at radius 3 is 2.44 bits per heavy atom. The zero-order valence-corrected chi connectivity index (χ0v) is 10.1. The maximum atomic E-state index is 10.2. The molecular formula is C14H20O2. The molecule has 2 heteroatoms. The fourth-order valence-electron chi connectivity index (χ4n) is 2.10. The lowest BCUT2D eigenvalue weighted by molar-refractivity contribution is 0.0284. The molecule has 88 valence electrons. The van der Waals surface area contributed by atoms with Crippen molar-refractivity contribution in [2.45, 2.75) is 38.2 Å². The Hall–Kier alpha value is -1.02. The van der Waals surface area contributed by atoms with Crippen LogP contribution in [0.25, 0.3) is 0 Å². The van der Waals surface area contributed by atoms with Gasteiger partial charge in [-0.15, -0.1) is 0 Å². The molecule has 16 heavy (non-hydrogen) atoms. The van der Waals surface area contributed by atoms with Crippen LogP contribution in [-0.2, 0) is 6.42 Å². The standard InChI is InChI=1S/C14H20O2/c1-14(15,12-5-6-12)10-9-11-3-7-13(16-2)8-4-11/h3-4,7-8,12,15H,5-6,9-10H2,1-2H3. The van der Waals surface area contributed by atoms with Gasteiger partial charge in [0, 0.05) is 0 Å². The summed E-state index contributed by atoms with van der Waals surface area (Å²) in [6, 6.07) is 8.09. The number of aliphatic hydroxyl groups is 1. The van der Waals surface area contributed by atoms with E-state index >= 15 is 0 Å². The van der Waals surface area contributed by atoms with Crippen LogP contribution in [0.15, 0.2) is 24.3 Å². The van der Waals surface area contributed by atoms with Crippen molar-refractivity contribution in [3.63, 3.8) is 0 Å². The molecule has 0 heterocycles. The van der Waals surface area contributed by atoms with Gasteiger partial charge in [0.05, 0.1) is 12.7 Å². The summed E-state index contributed by atoms with van der Waals surface area (Å²) in [6.45, 7) is 1.97. The molecule has 1 unspecified atom stereocenters. The van der Waals surface area contributed by atoms with Gasteiger partial charge in [-0.05, 0) is 56.2 Å². The number of benzene rings is 1. The summed E-state index contributed by atoms with van der Waals surface area (Å²) in [6.07, 6.45) is 4.17. The van der Waals surface area contributed by atoms with Crippen molar-refractivity contribution in [2.75, 3.05) is 7.11 Å². The molecule has 1 aromatic rings. The number of methoxy groups -OCH3 is 1. The number of aryl methyl sites for hydroxylation is 1. The number of hydrogen-bond donors (Lipinski definition) is 1. The molecule has 1 aliphatic rings. The van der Waals surface area contributed by atoms with Gasteiger partial charge in [-0.3, -0.25) is 0 Å². The first-order valence-corrected chi connectivity index (χ1v) is 5.97. The Morgan fingerprint density at radius 1 is 1.31 bits per heavy atom. The van der Waals surface area contributed by atoms with E-state index in [1.165, 1.54) is 18.4 Å². The minimum Gasteiger partial charge on any atom is -0.497 e. The first-order chi connectivity index (χ1) is 7.62. The quantitative estimate of drug-likeness (QED) is 0.826. The maximum absolute atomic E-state index is 10.2. The molecule has 0 amide bonds. The summed E-state index contributed by atoms with van der Waals surface area (Å²) in [5.74, 6) is 1.42. The van der Waals surface area contributed by atoms with Gasteiger partial charge in [-0.1, -0.05) is 12.1 Å². The lowest BCUT2D eigenvalue weighted by Gasteiger charge is -2.22. The molecule has 0 aliphatic heterocycles. The predicted molar refractivity (Wildman–Crippen MR) is 64.7 cm³/mol. The minimum atomic E-state index is -0.472. The summed E-state index contributed by atoms with van der Waals surface area (Å²) in [4.78, 5) is 0. The molecular weight excluding hydrogens is 200 g/mol. The molecule has 0 spiro atoms. The first-order valence-electron chi connectivity index (χ1n) is 5.97. The highest BCUT2D eigenvalue weighted by Gasteiger charge is 2.39. The van der Waals surface area contributed by atoms with Gasteiger partial charge >= 0.3 is 0 Å². The second kappa shape index (κ2) is 4.46. The van der Waals surface area contributed by atoms with Crippen LogP contribution in [0.2, 0.25) is 0 Å². The average Bonchev–Trinajstić information content (AvgIpc) is 3.11. The zero-order valence-electron chi connectivity index (χ0n) is 10.1. The third-order valence-electron chi connectivity index (χ3n) is 3.54. The van der Waals surface area contributed by atoms with Gasteiger partial charge in [-0.25, -0.2) is 0 Å². The third kappa shape index (κ3) is 2.76. The van der Waals surface area contributed by atoms with Crippen LogP contribution in [0, 0.1) is 5.92 Å². The molecule has 2 nitrogen and oxygen atoms in total. The summed E-state index contributed by atoms with van der Waals surface area (Å²) < 4.78 is 5.11. The molecule has 0 radical (unpaired) electrons. The van der Waals surface area contributed by atoms with Gasteiger partial charge in [-0.2, -0.15) is 0 Å². The average molecular weight is 220 g/mol. The van der Waals surface area contributed by atoms with E-state index in [9.17, 15) is 5.11 Å². The van der Waals surface area contributed by atoms with E-state index in [0.717, 1.165) is 18.6 Å². The predicted octanol–water partition coefficient (Wildman–Crippen LogP) is 2.79. The largest absolute Gasteiger partial charge is 0.497 e. The monoisotopic (exact) mass is 220 g/mol. The van der Waals surface area contributed by atoms with Crippen LogP contribution in [0.3, 0.4) is 0 Å². The van der Waals surface area contributed by atoms with Crippen LogP contribution in [0.4, 0.5) is 0 Å². The molecule has 1 fully saturated rings. The zero-order chi connectivity index (χ0) is 11.6. The molecule has 1 N–H and O–H groups in total. The summed E-state index contributed by atoms with van der Waals surface area (Å²) in [5, 5.41) is 10.2. The second-order valence-corrected chi connectivity index (χ2v) is 4.98. The second-order valence-electron chi connectivity index (χ2n) is 4.98. The fourth-order valence-corrected chi connectivity index (χ4v) is 2.10. The smallest absolute Gasteiger partial charge is 0.118 e. The van der Waals surface area contributed by atoms with Crippen molar-refractivity contribution in [1.29, 1.82) is 0 Å². The Labute approximate surface area is 97.3 Å². The number of rotatable bonds is 5.